The van der Waals surface area contributed by atoms with E-state index in [1.54, 1.807) is 23.8 Å². The molecule has 1 atom stereocenters. The molecule has 0 saturated carbocycles. The van der Waals surface area contributed by atoms with Crippen molar-refractivity contribution in [3.63, 3.8) is 0 Å². The predicted octanol–water partition coefficient (Wildman–Crippen LogP) is 1.88. The number of fused-ring (bicyclic) bond motifs is 1. The van der Waals surface area contributed by atoms with Gasteiger partial charge in [0.15, 0.2) is 0 Å². The number of aryl methyl sites for hydroxylation is 1. The van der Waals surface area contributed by atoms with Crippen molar-refractivity contribution in [2.75, 3.05) is 6.54 Å². The summed E-state index contributed by atoms with van der Waals surface area (Å²) in [7, 11) is 0. The highest BCUT2D eigenvalue weighted by molar-refractivity contribution is 7.13. The van der Waals surface area contributed by atoms with E-state index in [2.05, 4.69) is 4.98 Å². The van der Waals surface area contributed by atoms with Crippen molar-refractivity contribution in [2.24, 2.45) is 5.41 Å². The first-order chi connectivity index (χ1) is 12.5. The molecule has 1 fully saturated rings. The van der Waals surface area contributed by atoms with Crippen molar-refractivity contribution in [3.8, 4) is 5.19 Å². The fourth-order valence-corrected chi connectivity index (χ4v) is 4.73. The van der Waals surface area contributed by atoms with E-state index in [1.165, 1.54) is 11.3 Å². The van der Waals surface area contributed by atoms with Crippen molar-refractivity contribution in [1.29, 1.82) is 0 Å². The maximum absolute atomic E-state index is 13.1. The maximum Gasteiger partial charge on any atom is 0.274 e. The zero-order valence-corrected chi connectivity index (χ0v) is 14.9. The van der Waals surface area contributed by atoms with Gasteiger partial charge in [0.05, 0.1) is 12.0 Å². The zero-order chi connectivity index (χ0) is 18.3. The van der Waals surface area contributed by atoms with Crippen molar-refractivity contribution >= 4 is 23.2 Å². The van der Waals surface area contributed by atoms with Gasteiger partial charge in [-0.1, -0.05) is 17.4 Å². The molecule has 8 heteroatoms. The smallest absolute Gasteiger partial charge is 0.274 e. The average Bonchev–Trinajstić information content (AvgIpc) is 3.19. The largest absolute Gasteiger partial charge is 0.486 e. The molecule has 1 aromatic heterocycles. The fraction of sp³-hybridized carbons (Fsp3) is 0.389. The maximum atomic E-state index is 13.1. The monoisotopic (exact) mass is 373 g/mol. The van der Waals surface area contributed by atoms with Crippen LogP contribution in [0.4, 0.5) is 0 Å². The van der Waals surface area contributed by atoms with E-state index < -0.39 is 5.91 Å². The number of rotatable bonds is 3. The average molecular weight is 373 g/mol. The van der Waals surface area contributed by atoms with Gasteiger partial charge in [0, 0.05) is 23.2 Å². The summed E-state index contributed by atoms with van der Waals surface area (Å²) in [6, 6.07) is 5.36. The van der Waals surface area contributed by atoms with Gasteiger partial charge in [0.1, 0.15) is 0 Å². The first-order valence-corrected chi connectivity index (χ1v) is 9.32. The minimum absolute atomic E-state index is 0.0238. The van der Waals surface area contributed by atoms with Gasteiger partial charge in [0.2, 0.25) is 5.91 Å². The molecule has 136 valence electrons. The molecule has 1 spiro atoms. The van der Waals surface area contributed by atoms with E-state index in [1.807, 2.05) is 11.0 Å². The second kappa shape index (κ2) is 6.37. The molecule has 7 nitrogen and oxygen atoms in total. The van der Waals surface area contributed by atoms with Crippen LogP contribution in [0.5, 0.6) is 5.19 Å². The Morgan fingerprint density at radius 1 is 1.35 bits per heavy atom. The van der Waals surface area contributed by atoms with Crippen LogP contribution in [0.2, 0.25) is 0 Å². The van der Waals surface area contributed by atoms with Gasteiger partial charge in [-0.2, -0.15) is 0 Å². The summed E-state index contributed by atoms with van der Waals surface area (Å²) in [5.74, 6) is -0.364. The minimum Gasteiger partial charge on any atom is -0.486 e. The first-order valence-electron chi connectivity index (χ1n) is 8.50. The summed E-state index contributed by atoms with van der Waals surface area (Å²) in [4.78, 5) is 31.2. The van der Waals surface area contributed by atoms with Crippen LogP contribution in [0.15, 0.2) is 24.4 Å². The van der Waals surface area contributed by atoms with Crippen LogP contribution in [0.3, 0.4) is 0 Å². The van der Waals surface area contributed by atoms with Gasteiger partial charge in [-0.05, 0) is 48.9 Å². The molecule has 2 amide bonds. The molecule has 0 unspecified atom stereocenters. The van der Waals surface area contributed by atoms with Crippen molar-refractivity contribution in [2.45, 2.75) is 32.2 Å². The SMILES string of the molecule is O=C(NO)c1ccc2c(c1)CC[C@]1(CCN(Cc3cnc(O)s3)C1=O)C2. The van der Waals surface area contributed by atoms with E-state index in [0.717, 1.165) is 35.3 Å². The highest BCUT2D eigenvalue weighted by atomic mass is 32.1. The van der Waals surface area contributed by atoms with Crippen LogP contribution in [-0.2, 0) is 24.2 Å². The normalized spacial score (nSPS) is 21.9. The number of aromatic hydroxyl groups is 1. The highest BCUT2D eigenvalue weighted by Gasteiger charge is 2.48. The predicted molar refractivity (Wildman–Crippen MR) is 94.0 cm³/mol. The topological polar surface area (TPSA) is 103 Å². The van der Waals surface area contributed by atoms with Crippen LogP contribution >= 0.6 is 11.3 Å². The molecule has 1 aliphatic carbocycles. The second-order valence-corrected chi connectivity index (χ2v) is 8.06. The Labute approximate surface area is 154 Å². The number of carbonyl (C=O) groups excluding carboxylic acids is 2. The fourth-order valence-electron chi connectivity index (χ4n) is 4.06. The molecular formula is C18H19N3O4S. The van der Waals surface area contributed by atoms with Crippen molar-refractivity contribution in [1.82, 2.24) is 15.4 Å². The molecule has 1 aromatic carbocycles. The molecule has 0 bridgehead atoms. The van der Waals surface area contributed by atoms with Gasteiger partial charge >= 0.3 is 0 Å². The van der Waals surface area contributed by atoms with Gasteiger partial charge in [0.25, 0.3) is 11.1 Å². The molecule has 1 saturated heterocycles. The lowest BCUT2D eigenvalue weighted by Crippen LogP contribution is -2.38. The zero-order valence-electron chi connectivity index (χ0n) is 14.1. The number of hydroxylamine groups is 1. The molecule has 2 aliphatic rings. The van der Waals surface area contributed by atoms with Crippen LogP contribution in [0.1, 0.15) is 39.2 Å². The highest BCUT2D eigenvalue weighted by Crippen LogP contribution is 2.44. The number of amides is 2. The quantitative estimate of drug-likeness (QED) is 0.563. The third kappa shape index (κ3) is 2.85. The number of nitrogens with zero attached hydrogens (tertiary/aromatic N) is 2. The molecule has 4 rings (SSSR count). The Kier molecular flexibility index (Phi) is 4.16. The van der Waals surface area contributed by atoms with E-state index in [0.29, 0.717) is 25.1 Å². The summed E-state index contributed by atoms with van der Waals surface area (Å²) in [6.45, 7) is 1.19. The standard InChI is InChI=1S/C18H19N3O4S/c22-15(20-25)12-1-2-13-8-18(4-3-11(13)7-12)5-6-21(16(18)23)10-14-9-19-17(24)26-14/h1-2,7,9,25H,3-6,8,10H2,(H,19,24)(H,20,22)/t18-/m0/s1. The van der Waals surface area contributed by atoms with Crippen molar-refractivity contribution in [3.05, 3.63) is 46.0 Å². The summed E-state index contributed by atoms with van der Waals surface area (Å²) in [5.41, 5.74) is 3.86. The number of carbonyl (C=O) groups is 2. The van der Waals surface area contributed by atoms with E-state index in [-0.39, 0.29) is 16.5 Å². The van der Waals surface area contributed by atoms with Gasteiger partial charge in [-0.15, -0.1) is 0 Å². The Morgan fingerprint density at radius 2 is 2.19 bits per heavy atom. The molecule has 2 aromatic rings. The van der Waals surface area contributed by atoms with E-state index >= 15 is 0 Å². The van der Waals surface area contributed by atoms with Crippen molar-refractivity contribution < 1.29 is 19.9 Å². The van der Waals surface area contributed by atoms with E-state index in [4.69, 9.17) is 5.21 Å². The lowest BCUT2D eigenvalue weighted by molar-refractivity contribution is -0.137. The lowest BCUT2D eigenvalue weighted by atomic mass is 9.70. The van der Waals surface area contributed by atoms with Crippen LogP contribution in [0.25, 0.3) is 0 Å². The molecule has 2 heterocycles. The summed E-state index contributed by atoms with van der Waals surface area (Å²) in [6.07, 6.45) is 4.60. The summed E-state index contributed by atoms with van der Waals surface area (Å²) >= 11 is 1.20. The minimum atomic E-state index is -0.524. The molecular weight excluding hydrogens is 354 g/mol. The Bertz CT molecular complexity index is 881. The lowest BCUT2D eigenvalue weighted by Gasteiger charge is -2.33. The number of likely N-dealkylation sites (tertiary alicyclic amines) is 1. The number of nitrogens with one attached hydrogen (secondary N) is 1. The van der Waals surface area contributed by atoms with E-state index in [9.17, 15) is 14.7 Å². The number of hydrogen-bond donors (Lipinski definition) is 3. The number of benzene rings is 1. The van der Waals surface area contributed by atoms with Gasteiger partial charge in [-0.3, -0.25) is 14.8 Å². The third-order valence-corrected chi connectivity index (χ3v) is 6.25. The Hall–Kier alpha value is -2.45. The van der Waals surface area contributed by atoms with Crippen LogP contribution in [0, 0.1) is 5.41 Å². The molecule has 3 N–H and O–H groups in total. The number of hydrogen-bond acceptors (Lipinski definition) is 6. The number of thiazole rings is 1. The van der Waals surface area contributed by atoms with Gasteiger partial charge in [-0.25, -0.2) is 10.5 Å². The van der Waals surface area contributed by atoms with Crippen LogP contribution < -0.4 is 5.48 Å². The third-order valence-electron chi connectivity index (χ3n) is 5.46. The Balaban J connectivity index is 1.52. The van der Waals surface area contributed by atoms with Crippen LogP contribution in [-0.4, -0.2) is 38.6 Å². The van der Waals surface area contributed by atoms with Gasteiger partial charge < -0.3 is 10.0 Å². The summed E-state index contributed by atoms with van der Waals surface area (Å²) < 4.78 is 0. The second-order valence-electron chi connectivity index (χ2n) is 6.97. The Morgan fingerprint density at radius 3 is 2.92 bits per heavy atom. The first kappa shape index (κ1) is 17.0. The molecule has 0 radical (unpaired) electrons. The number of aromatic nitrogens is 1. The summed E-state index contributed by atoms with van der Waals surface area (Å²) in [5, 5.41) is 18.2. The molecule has 1 aliphatic heterocycles. The molecule has 26 heavy (non-hydrogen) atoms.